The largest absolute Gasteiger partial charge is 0.493 e. The highest BCUT2D eigenvalue weighted by atomic mass is 19.1. The van der Waals surface area contributed by atoms with E-state index in [9.17, 15) is 8.78 Å². The van der Waals surface area contributed by atoms with Crippen LogP contribution in [0.1, 0.15) is 24.9 Å². The molecule has 84 valence electrons. The summed E-state index contributed by atoms with van der Waals surface area (Å²) in [5.74, 6) is 0.0214. The van der Waals surface area contributed by atoms with Crippen molar-refractivity contribution in [1.82, 2.24) is 0 Å². The Kier molecular flexibility index (Phi) is 4.49. The van der Waals surface area contributed by atoms with Crippen molar-refractivity contribution < 1.29 is 13.5 Å². The van der Waals surface area contributed by atoms with Crippen molar-refractivity contribution >= 4 is 0 Å². The molecule has 1 aromatic rings. The van der Waals surface area contributed by atoms with E-state index in [1.54, 1.807) is 13.0 Å². The molecule has 1 rings (SSSR count). The van der Waals surface area contributed by atoms with Gasteiger partial charge in [0.1, 0.15) is 11.6 Å². The summed E-state index contributed by atoms with van der Waals surface area (Å²) in [7, 11) is 0. The first-order valence-electron chi connectivity index (χ1n) is 4.89. The number of rotatable bonds is 5. The van der Waals surface area contributed by atoms with Gasteiger partial charge in [0.25, 0.3) is 0 Å². The first-order valence-corrected chi connectivity index (χ1v) is 4.89. The molecular weight excluding hydrogens is 200 g/mol. The molecule has 0 unspecified atom stereocenters. The van der Waals surface area contributed by atoms with Crippen LogP contribution in [0.15, 0.2) is 18.2 Å². The number of nitrogens with two attached hydrogens (primary N) is 1. The zero-order valence-electron chi connectivity index (χ0n) is 8.67. The van der Waals surface area contributed by atoms with Gasteiger partial charge in [-0.05, 0) is 13.0 Å². The maximum atomic E-state index is 12.9. The summed E-state index contributed by atoms with van der Waals surface area (Å²) in [6.45, 7) is 1.58. The van der Waals surface area contributed by atoms with E-state index < -0.39 is 6.67 Å². The van der Waals surface area contributed by atoms with E-state index in [1.807, 2.05) is 0 Å². The summed E-state index contributed by atoms with van der Waals surface area (Å²) >= 11 is 0. The fourth-order valence-electron chi connectivity index (χ4n) is 1.25. The first kappa shape index (κ1) is 11.9. The maximum Gasteiger partial charge on any atom is 0.126 e. The van der Waals surface area contributed by atoms with E-state index in [0.717, 1.165) is 5.56 Å². The van der Waals surface area contributed by atoms with Crippen LogP contribution >= 0.6 is 0 Å². The molecule has 0 aromatic heterocycles. The summed E-state index contributed by atoms with van der Waals surface area (Å²) in [5.41, 5.74) is 6.42. The van der Waals surface area contributed by atoms with Gasteiger partial charge in [-0.3, -0.25) is 4.39 Å². The summed E-state index contributed by atoms with van der Waals surface area (Å²) < 4.78 is 30.0. The summed E-state index contributed by atoms with van der Waals surface area (Å²) in [5, 5.41) is 0. The van der Waals surface area contributed by atoms with E-state index in [1.165, 1.54) is 12.1 Å². The van der Waals surface area contributed by atoms with E-state index in [4.69, 9.17) is 10.5 Å². The lowest BCUT2D eigenvalue weighted by Crippen LogP contribution is -2.09. The molecule has 2 N–H and O–H groups in total. The molecule has 0 saturated heterocycles. The number of alkyl halides is 1. The van der Waals surface area contributed by atoms with Gasteiger partial charge in [0, 0.05) is 24.1 Å². The van der Waals surface area contributed by atoms with Crippen molar-refractivity contribution in [3.63, 3.8) is 0 Å². The highest BCUT2D eigenvalue weighted by Gasteiger charge is 2.09. The minimum Gasteiger partial charge on any atom is -0.493 e. The van der Waals surface area contributed by atoms with Gasteiger partial charge in [0.2, 0.25) is 0 Å². The lowest BCUT2D eigenvalue weighted by atomic mass is 10.1. The zero-order chi connectivity index (χ0) is 11.3. The highest BCUT2D eigenvalue weighted by molar-refractivity contribution is 5.36. The van der Waals surface area contributed by atoms with E-state index in [-0.39, 0.29) is 18.5 Å². The van der Waals surface area contributed by atoms with Gasteiger partial charge in [-0.1, -0.05) is 6.07 Å². The van der Waals surface area contributed by atoms with Gasteiger partial charge < -0.3 is 10.5 Å². The molecule has 1 aromatic carbocycles. The fourth-order valence-corrected chi connectivity index (χ4v) is 1.25. The quantitative estimate of drug-likeness (QED) is 0.766. The minimum atomic E-state index is -0.442. The van der Waals surface area contributed by atoms with Gasteiger partial charge in [-0.15, -0.1) is 0 Å². The highest BCUT2D eigenvalue weighted by Crippen LogP contribution is 2.24. The maximum absolute atomic E-state index is 12.9. The van der Waals surface area contributed by atoms with Gasteiger partial charge >= 0.3 is 0 Å². The Labute approximate surface area is 88.0 Å². The van der Waals surface area contributed by atoms with E-state index >= 15 is 0 Å². The molecule has 1 atom stereocenters. The molecular formula is C11H15F2NO. The molecule has 0 radical (unpaired) electrons. The third kappa shape index (κ3) is 3.47. The van der Waals surface area contributed by atoms with E-state index in [2.05, 4.69) is 0 Å². The molecule has 0 heterocycles. The first-order chi connectivity index (χ1) is 7.15. The van der Waals surface area contributed by atoms with Gasteiger partial charge in [0.15, 0.2) is 0 Å². The Bertz CT molecular complexity index is 315. The molecule has 2 nitrogen and oxygen atoms in total. The molecule has 0 saturated carbocycles. The third-order valence-corrected chi connectivity index (χ3v) is 2.00. The monoisotopic (exact) mass is 215 g/mol. The van der Waals surface area contributed by atoms with Crippen molar-refractivity contribution in [3.05, 3.63) is 29.6 Å². The van der Waals surface area contributed by atoms with Gasteiger partial charge in [-0.2, -0.15) is 0 Å². The van der Waals surface area contributed by atoms with Crippen LogP contribution in [0.2, 0.25) is 0 Å². The Morgan fingerprint density at radius 1 is 1.47 bits per heavy atom. The van der Waals surface area contributed by atoms with Crippen LogP contribution in [-0.2, 0) is 0 Å². The molecule has 0 aliphatic heterocycles. The second-order valence-corrected chi connectivity index (χ2v) is 3.36. The molecule has 0 fully saturated rings. The Morgan fingerprint density at radius 3 is 2.80 bits per heavy atom. The van der Waals surface area contributed by atoms with Gasteiger partial charge in [-0.25, -0.2) is 4.39 Å². The van der Waals surface area contributed by atoms with Crippen LogP contribution in [0.5, 0.6) is 5.75 Å². The average Bonchev–Trinajstić information content (AvgIpc) is 2.18. The predicted molar refractivity (Wildman–Crippen MR) is 55.1 cm³/mol. The molecule has 0 spiro atoms. The number of benzene rings is 1. The molecule has 0 aliphatic rings. The van der Waals surface area contributed by atoms with Crippen LogP contribution < -0.4 is 10.5 Å². The smallest absolute Gasteiger partial charge is 0.126 e. The normalized spacial score (nSPS) is 12.5. The van der Waals surface area contributed by atoms with Crippen LogP contribution in [0, 0.1) is 5.82 Å². The minimum absolute atomic E-state index is 0.231. The number of hydrogen-bond acceptors (Lipinski definition) is 2. The van der Waals surface area contributed by atoms with Crippen molar-refractivity contribution in [2.24, 2.45) is 5.73 Å². The van der Waals surface area contributed by atoms with Crippen molar-refractivity contribution in [1.29, 1.82) is 0 Å². The summed E-state index contributed by atoms with van der Waals surface area (Å²) in [6, 6.07) is 3.97. The van der Waals surface area contributed by atoms with Gasteiger partial charge in [0.05, 0.1) is 13.3 Å². The van der Waals surface area contributed by atoms with E-state index in [0.29, 0.717) is 12.2 Å². The second-order valence-electron chi connectivity index (χ2n) is 3.36. The van der Waals surface area contributed by atoms with Crippen LogP contribution in [-0.4, -0.2) is 13.3 Å². The SMILES string of the molecule is C[C@H](N)c1ccc(F)cc1OCCCF. The number of hydrogen-bond donors (Lipinski definition) is 1. The van der Waals surface area contributed by atoms with Crippen LogP contribution in [0.25, 0.3) is 0 Å². The number of ether oxygens (including phenoxy) is 1. The topological polar surface area (TPSA) is 35.2 Å². The molecule has 4 heteroatoms. The van der Waals surface area contributed by atoms with Crippen molar-refractivity contribution in [3.8, 4) is 5.75 Å². The van der Waals surface area contributed by atoms with Crippen molar-refractivity contribution in [2.75, 3.05) is 13.3 Å². The van der Waals surface area contributed by atoms with Crippen LogP contribution in [0.3, 0.4) is 0 Å². The lowest BCUT2D eigenvalue weighted by molar-refractivity contribution is 0.285. The zero-order valence-corrected chi connectivity index (χ0v) is 8.67. The Balaban J connectivity index is 2.77. The lowest BCUT2D eigenvalue weighted by Gasteiger charge is -2.13. The Morgan fingerprint density at radius 2 is 2.20 bits per heavy atom. The molecule has 0 aliphatic carbocycles. The Hall–Kier alpha value is -1.16. The van der Waals surface area contributed by atoms with Crippen molar-refractivity contribution in [2.45, 2.75) is 19.4 Å². The summed E-state index contributed by atoms with van der Waals surface area (Å²) in [6.07, 6.45) is 0.301. The average molecular weight is 215 g/mol. The number of halogens is 2. The third-order valence-electron chi connectivity index (χ3n) is 2.00. The molecule has 15 heavy (non-hydrogen) atoms. The fraction of sp³-hybridized carbons (Fsp3) is 0.455. The van der Waals surface area contributed by atoms with Crippen LogP contribution in [0.4, 0.5) is 8.78 Å². The molecule has 0 bridgehead atoms. The summed E-state index contributed by atoms with van der Waals surface area (Å²) in [4.78, 5) is 0. The molecule has 0 amide bonds. The second kappa shape index (κ2) is 5.66. The predicted octanol–water partition coefficient (Wildman–Crippen LogP) is 2.58. The standard InChI is InChI=1S/C11H15F2NO/c1-8(14)10-4-3-9(13)7-11(10)15-6-2-5-12/h3-4,7-8H,2,5-6,14H2,1H3/t8-/m0/s1.